The van der Waals surface area contributed by atoms with E-state index in [1.165, 1.54) is 0 Å². The second kappa shape index (κ2) is 9.52. The van der Waals surface area contributed by atoms with Crippen LogP contribution >= 0.6 is 15.9 Å². The lowest BCUT2D eigenvalue weighted by molar-refractivity contribution is 0.0968. The number of imidazole rings is 1. The summed E-state index contributed by atoms with van der Waals surface area (Å²) in [5.74, 6) is 0. The molecular formula is C30H26BrN3O2. The van der Waals surface area contributed by atoms with Crippen LogP contribution in [0.5, 0.6) is 0 Å². The summed E-state index contributed by atoms with van der Waals surface area (Å²) in [7, 11) is 0. The molecule has 1 atom stereocenters. The number of rotatable bonds is 6. The van der Waals surface area contributed by atoms with E-state index in [-0.39, 0.29) is 11.8 Å². The van der Waals surface area contributed by atoms with Crippen molar-refractivity contribution >= 4 is 27.1 Å². The molecule has 0 bridgehead atoms. The molecule has 1 saturated heterocycles. The van der Waals surface area contributed by atoms with Crippen molar-refractivity contribution in [3.8, 4) is 0 Å². The topological polar surface area (TPSA) is 49.1 Å². The van der Waals surface area contributed by atoms with E-state index in [0.29, 0.717) is 12.2 Å². The summed E-state index contributed by atoms with van der Waals surface area (Å²) in [5, 5.41) is 0. The van der Waals surface area contributed by atoms with Gasteiger partial charge in [0.05, 0.1) is 18.2 Å². The summed E-state index contributed by atoms with van der Waals surface area (Å²) < 4.78 is 10.5. The van der Waals surface area contributed by atoms with Crippen molar-refractivity contribution in [2.75, 3.05) is 6.61 Å². The Morgan fingerprint density at radius 2 is 1.44 bits per heavy atom. The Labute approximate surface area is 218 Å². The fourth-order valence-corrected chi connectivity index (χ4v) is 5.82. The first-order valence-corrected chi connectivity index (χ1v) is 13.0. The van der Waals surface area contributed by atoms with Gasteiger partial charge in [-0.05, 0) is 51.5 Å². The van der Waals surface area contributed by atoms with Gasteiger partial charge >= 0.3 is 5.69 Å². The Morgan fingerprint density at radius 3 is 1.94 bits per heavy atom. The molecule has 1 unspecified atom stereocenters. The van der Waals surface area contributed by atoms with E-state index < -0.39 is 5.54 Å². The van der Waals surface area contributed by atoms with Crippen LogP contribution in [-0.2, 0) is 16.8 Å². The summed E-state index contributed by atoms with van der Waals surface area (Å²) >= 11 is 3.58. The SMILES string of the molecule is O=c1n(CC2CCCO2)c2cc(Br)cnc2n1C(c1ccccc1)(c1ccccc1)c1ccccc1. The fourth-order valence-electron chi connectivity index (χ4n) is 5.50. The minimum absolute atomic E-state index is 0.0142. The number of halogens is 1. The Bertz CT molecular complexity index is 1440. The average Bonchev–Trinajstić information content (AvgIpc) is 3.54. The number of nitrogens with zero attached hydrogens (tertiary/aromatic N) is 3. The van der Waals surface area contributed by atoms with Crippen LogP contribution in [0, 0.1) is 0 Å². The summed E-state index contributed by atoms with van der Waals surface area (Å²) in [6.45, 7) is 1.23. The fraction of sp³-hybridized carbons (Fsp3) is 0.200. The highest BCUT2D eigenvalue weighted by Gasteiger charge is 2.42. The zero-order chi connectivity index (χ0) is 24.5. The van der Waals surface area contributed by atoms with Gasteiger partial charge in [0, 0.05) is 17.3 Å². The van der Waals surface area contributed by atoms with Crippen molar-refractivity contribution in [3.63, 3.8) is 0 Å². The van der Waals surface area contributed by atoms with Crippen LogP contribution in [-0.4, -0.2) is 26.8 Å². The van der Waals surface area contributed by atoms with Gasteiger partial charge < -0.3 is 4.74 Å². The third kappa shape index (κ3) is 3.72. The number of hydrogen-bond acceptors (Lipinski definition) is 3. The Hall–Kier alpha value is -3.48. The van der Waals surface area contributed by atoms with Gasteiger partial charge in [0.1, 0.15) is 5.54 Å². The molecule has 180 valence electrons. The van der Waals surface area contributed by atoms with Crippen LogP contribution in [0.15, 0.2) is 113 Å². The molecule has 1 fully saturated rings. The van der Waals surface area contributed by atoms with Gasteiger partial charge in [-0.1, -0.05) is 91.0 Å². The molecule has 36 heavy (non-hydrogen) atoms. The zero-order valence-corrected chi connectivity index (χ0v) is 21.3. The molecule has 3 aromatic carbocycles. The molecule has 0 amide bonds. The lowest BCUT2D eigenvalue weighted by Crippen LogP contribution is -2.45. The predicted octanol–water partition coefficient (Wildman–Crippen LogP) is 5.98. The summed E-state index contributed by atoms with van der Waals surface area (Å²) in [6, 6.07) is 32.7. The normalized spacial score (nSPS) is 16.0. The van der Waals surface area contributed by atoms with E-state index >= 15 is 0 Å². The monoisotopic (exact) mass is 539 g/mol. The molecule has 0 saturated carbocycles. The molecule has 1 aliphatic heterocycles. The molecule has 6 heteroatoms. The molecule has 0 N–H and O–H groups in total. The first-order valence-electron chi connectivity index (χ1n) is 12.2. The Balaban J connectivity index is 1.76. The van der Waals surface area contributed by atoms with Crippen molar-refractivity contribution < 1.29 is 4.74 Å². The number of aromatic nitrogens is 3. The van der Waals surface area contributed by atoms with Crippen LogP contribution in [0.1, 0.15) is 29.5 Å². The number of fused-ring (bicyclic) bond motifs is 1. The van der Waals surface area contributed by atoms with Crippen molar-refractivity contribution in [3.05, 3.63) is 135 Å². The van der Waals surface area contributed by atoms with E-state index in [1.54, 1.807) is 6.20 Å². The van der Waals surface area contributed by atoms with Gasteiger partial charge in [0.15, 0.2) is 5.65 Å². The number of ether oxygens (including phenoxy) is 1. The minimum Gasteiger partial charge on any atom is -0.376 e. The van der Waals surface area contributed by atoms with Crippen molar-refractivity contribution in [2.24, 2.45) is 0 Å². The quantitative estimate of drug-likeness (QED) is 0.249. The zero-order valence-electron chi connectivity index (χ0n) is 19.8. The second-order valence-electron chi connectivity index (χ2n) is 9.17. The second-order valence-corrected chi connectivity index (χ2v) is 10.1. The highest BCUT2D eigenvalue weighted by Crippen LogP contribution is 2.41. The number of pyridine rings is 1. The number of hydrogen-bond donors (Lipinski definition) is 0. The molecule has 6 rings (SSSR count). The molecule has 5 aromatic rings. The molecule has 1 aliphatic rings. The van der Waals surface area contributed by atoms with Crippen LogP contribution in [0.4, 0.5) is 0 Å². The first-order chi connectivity index (χ1) is 17.7. The summed E-state index contributed by atoms with van der Waals surface area (Å²) in [5.41, 5.74) is 3.36. The van der Waals surface area contributed by atoms with Crippen LogP contribution in [0.25, 0.3) is 11.2 Å². The molecular weight excluding hydrogens is 514 g/mol. The van der Waals surface area contributed by atoms with E-state index in [1.807, 2.05) is 69.8 Å². The molecule has 3 heterocycles. The lowest BCUT2D eigenvalue weighted by Gasteiger charge is -2.37. The summed E-state index contributed by atoms with van der Waals surface area (Å²) in [6.07, 6.45) is 3.74. The number of benzene rings is 3. The van der Waals surface area contributed by atoms with Crippen LogP contribution in [0.2, 0.25) is 0 Å². The van der Waals surface area contributed by atoms with Gasteiger partial charge in [0.25, 0.3) is 0 Å². The van der Waals surface area contributed by atoms with Crippen molar-refractivity contribution in [1.82, 2.24) is 14.1 Å². The van der Waals surface area contributed by atoms with E-state index in [0.717, 1.165) is 46.1 Å². The van der Waals surface area contributed by atoms with Crippen LogP contribution < -0.4 is 5.69 Å². The largest absolute Gasteiger partial charge is 0.376 e. The predicted molar refractivity (Wildman–Crippen MR) is 145 cm³/mol. The third-order valence-corrected chi connectivity index (χ3v) is 7.49. The van der Waals surface area contributed by atoms with Crippen molar-refractivity contribution in [1.29, 1.82) is 0 Å². The van der Waals surface area contributed by atoms with E-state index in [2.05, 4.69) is 52.3 Å². The Kier molecular flexibility index (Phi) is 6.07. The Morgan fingerprint density at radius 1 is 0.889 bits per heavy atom. The molecule has 0 spiro atoms. The van der Waals surface area contributed by atoms with Crippen molar-refractivity contribution in [2.45, 2.75) is 31.0 Å². The maximum Gasteiger partial charge on any atom is 0.331 e. The maximum atomic E-state index is 14.6. The first kappa shape index (κ1) is 23.0. The average molecular weight is 540 g/mol. The van der Waals surface area contributed by atoms with Crippen LogP contribution in [0.3, 0.4) is 0 Å². The lowest BCUT2D eigenvalue weighted by atomic mass is 9.76. The van der Waals surface area contributed by atoms with Gasteiger partial charge in [0.2, 0.25) is 0 Å². The molecule has 5 nitrogen and oxygen atoms in total. The van der Waals surface area contributed by atoms with Gasteiger partial charge in [-0.3, -0.25) is 9.13 Å². The minimum atomic E-state index is -0.929. The van der Waals surface area contributed by atoms with Gasteiger partial charge in [-0.25, -0.2) is 9.78 Å². The highest BCUT2D eigenvalue weighted by molar-refractivity contribution is 9.10. The van der Waals surface area contributed by atoms with E-state index in [4.69, 9.17) is 9.72 Å². The van der Waals surface area contributed by atoms with E-state index in [9.17, 15) is 4.79 Å². The summed E-state index contributed by atoms with van der Waals surface area (Å²) in [4.78, 5) is 19.4. The van der Waals surface area contributed by atoms with Gasteiger partial charge in [-0.15, -0.1) is 0 Å². The standard InChI is InChI=1S/C30H26BrN3O2/c31-25-19-27-28(32-20-25)34(29(35)33(27)21-26-17-10-18-36-26)30(22-11-4-1-5-12-22,23-13-6-2-7-14-23)24-15-8-3-9-16-24/h1-9,11-16,19-20,26H,10,17-18,21H2. The smallest absolute Gasteiger partial charge is 0.331 e. The third-order valence-electron chi connectivity index (χ3n) is 7.06. The molecule has 2 aromatic heterocycles. The van der Waals surface area contributed by atoms with Gasteiger partial charge in [-0.2, -0.15) is 0 Å². The highest BCUT2D eigenvalue weighted by atomic mass is 79.9. The molecule has 0 radical (unpaired) electrons. The maximum absolute atomic E-state index is 14.6. The molecule has 0 aliphatic carbocycles.